The van der Waals surface area contributed by atoms with E-state index >= 15 is 0 Å². The van der Waals surface area contributed by atoms with Gasteiger partial charge in [-0.15, -0.1) is 0 Å². The van der Waals surface area contributed by atoms with Gasteiger partial charge < -0.3 is 17.7 Å². The fraction of sp³-hybridized carbons (Fsp3) is 0. The topological polar surface area (TPSA) is 97.7 Å². The van der Waals surface area contributed by atoms with E-state index < -0.39 is 22.9 Å². The van der Waals surface area contributed by atoms with Crippen molar-refractivity contribution in [2.75, 3.05) is 0 Å². The number of hydrogen-bond donors (Lipinski definition) is 1. The fourth-order valence-corrected chi connectivity index (χ4v) is 1.11. The van der Waals surface area contributed by atoms with Crippen LogP contribution in [-0.2, 0) is 23.6 Å². The van der Waals surface area contributed by atoms with Gasteiger partial charge in [-0.1, -0.05) is 6.07 Å². The Kier molecular flexibility index (Phi) is 5.81. The fourth-order valence-electron chi connectivity index (χ4n) is 0.889. The van der Waals surface area contributed by atoms with Crippen LogP contribution < -0.4 is 18.9 Å². The predicted molar refractivity (Wildman–Crippen MR) is 47.6 cm³/mol. The Morgan fingerprint density at radius 1 is 1.19 bits per heavy atom. The number of carboxylic acids is 1. The van der Waals surface area contributed by atoms with Crippen molar-refractivity contribution in [2.45, 2.75) is 0 Å². The van der Waals surface area contributed by atoms with Gasteiger partial charge in [0.2, 0.25) is 0 Å². The summed E-state index contributed by atoms with van der Waals surface area (Å²) < 4.78 is 23.9. The second-order valence-electron chi connectivity index (χ2n) is 2.46. The van der Waals surface area contributed by atoms with Crippen LogP contribution >= 0.6 is 0 Å². The van der Waals surface area contributed by atoms with Crippen molar-refractivity contribution in [1.29, 1.82) is 0 Å². The van der Waals surface area contributed by atoms with Gasteiger partial charge in [-0.05, 0) is 18.2 Å². The van der Waals surface area contributed by atoms with Crippen molar-refractivity contribution in [3.8, 4) is 0 Å². The Balaban J connectivity index is 0.00000225. The average Bonchev–Trinajstić information content (AvgIpc) is 2.17. The molecule has 0 atom stereocenters. The Labute approximate surface area is 105 Å². The average molecular weight is 236 g/mol. The van der Waals surface area contributed by atoms with Crippen LogP contribution in [0.4, 0.5) is 0 Å². The molecule has 0 aromatic heterocycles. The quantitative estimate of drug-likeness (QED) is 0.471. The van der Waals surface area contributed by atoms with Gasteiger partial charge in [0.15, 0.2) is 0 Å². The third-order valence-electron chi connectivity index (χ3n) is 1.49. The van der Waals surface area contributed by atoms with Crippen molar-refractivity contribution in [1.82, 2.24) is 0 Å². The van der Waals surface area contributed by atoms with Crippen molar-refractivity contribution in [3.63, 3.8) is 0 Å². The maximum absolute atomic E-state index is 11.0. The number of carbonyl (C=O) groups excluding carboxylic acids is 1. The summed E-state index contributed by atoms with van der Waals surface area (Å²) >= 11 is 0. The largest absolute Gasteiger partial charge is 1.00 e. The molecular weight excluding hydrogens is 231 g/mol. The second kappa shape index (κ2) is 6.32. The number of rotatable bonds is 3. The van der Waals surface area contributed by atoms with Gasteiger partial charge in [-0.3, -0.25) is 0 Å². The number of carbonyl (C=O) groups is 2. The molecule has 0 aliphatic heterocycles. The Hall–Kier alpha value is -1.29. The molecular formula is C8H5LiO6S. The van der Waals surface area contributed by atoms with Crippen LogP contribution in [-0.4, -0.2) is 17.0 Å². The van der Waals surface area contributed by atoms with Gasteiger partial charge in [0, 0.05) is 0 Å². The SMILES string of the molecule is O=C(O)c1cccc(C(=O)O[S-](=O)=O)c1.[Li+]. The predicted octanol–water partition coefficient (Wildman–Crippen LogP) is -2.23. The van der Waals surface area contributed by atoms with Crippen LogP contribution in [0.3, 0.4) is 0 Å². The third kappa shape index (κ3) is 4.06. The van der Waals surface area contributed by atoms with E-state index in [1.165, 1.54) is 18.2 Å². The van der Waals surface area contributed by atoms with Crippen molar-refractivity contribution >= 4 is 22.9 Å². The molecule has 0 saturated carbocycles. The van der Waals surface area contributed by atoms with Gasteiger partial charge in [-0.2, -0.15) is 0 Å². The van der Waals surface area contributed by atoms with Crippen LogP contribution in [0.1, 0.15) is 20.7 Å². The van der Waals surface area contributed by atoms with Crippen molar-refractivity contribution in [3.05, 3.63) is 35.4 Å². The minimum Gasteiger partial charge on any atom is -0.502 e. The maximum atomic E-state index is 11.0. The van der Waals surface area contributed by atoms with Crippen LogP contribution in [0.25, 0.3) is 0 Å². The molecule has 0 heterocycles. The van der Waals surface area contributed by atoms with E-state index in [0.717, 1.165) is 6.07 Å². The number of hydrogen-bond acceptors (Lipinski definition) is 6. The molecule has 6 nitrogen and oxygen atoms in total. The van der Waals surface area contributed by atoms with Crippen LogP contribution in [0.5, 0.6) is 0 Å². The van der Waals surface area contributed by atoms with Crippen LogP contribution in [0, 0.1) is 0 Å². The molecule has 0 radical (unpaired) electrons. The summed E-state index contributed by atoms with van der Waals surface area (Å²) in [5.74, 6) is -2.33. The molecule has 1 N–H and O–H groups in total. The molecule has 0 unspecified atom stereocenters. The van der Waals surface area contributed by atoms with Crippen LogP contribution in [0.2, 0.25) is 0 Å². The molecule has 1 rings (SSSR count). The summed E-state index contributed by atoms with van der Waals surface area (Å²) in [5, 5.41) is 8.60. The first-order valence-electron chi connectivity index (χ1n) is 3.66. The van der Waals surface area contributed by atoms with Gasteiger partial charge in [0.05, 0.1) is 11.1 Å². The molecule has 80 valence electrons. The molecule has 1 aromatic carbocycles. The third-order valence-corrected chi connectivity index (χ3v) is 1.78. The first kappa shape index (κ1) is 14.7. The standard InChI is InChI=1S/C8H5O6S.Li/c9-7(10)5-2-1-3-6(4-5)8(11)14-15(12)13;/h1-4H,(H,9,10);/q-1;+1. The first-order valence-corrected chi connectivity index (χ1v) is 4.66. The minimum atomic E-state index is -2.96. The summed E-state index contributed by atoms with van der Waals surface area (Å²) in [6.07, 6.45) is 0. The zero-order chi connectivity index (χ0) is 11.4. The van der Waals surface area contributed by atoms with E-state index in [9.17, 15) is 18.0 Å². The summed E-state index contributed by atoms with van der Waals surface area (Å²) in [6.45, 7) is 0. The molecule has 0 aliphatic carbocycles. The molecule has 0 amide bonds. The summed E-state index contributed by atoms with van der Waals surface area (Å²) in [5.41, 5.74) is -0.264. The maximum Gasteiger partial charge on any atom is 1.00 e. The molecule has 1 aromatic rings. The van der Waals surface area contributed by atoms with E-state index in [-0.39, 0.29) is 30.0 Å². The number of benzene rings is 1. The van der Waals surface area contributed by atoms with Crippen LogP contribution in [0.15, 0.2) is 24.3 Å². The van der Waals surface area contributed by atoms with E-state index in [0.29, 0.717) is 0 Å². The number of aromatic carboxylic acids is 1. The van der Waals surface area contributed by atoms with Gasteiger partial charge in [-0.25, -0.2) is 9.59 Å². The molecule has 0 bridgehead atoms. The van der Waals surface area contributed by atoms with Gasteiger partial charge in [0.25, 0.3) is 0 Å². The minimum absolute atomic E-state index is 0. The molecule has 16 heavy (non-hydrogen) atoms. The Bertz CT molecular complexity index is 473. The van der Waals surface area contributed by atoms with Crippen molar-refractivity contribution < 1.29 is 46.2 Å². The molecule has 0 aliphatic rings. The van der Waals surface area contributed by atoms with E-state index in [1.54, 1.807) is 0 Å². The summed E-state index contributed by atoms with van der Waals surface area (Å²) in [4.78, 5) is 21.5. The smallest absolute Gasteiger partial charge is 0.502 e. The Morgan fingerprint density at radius 2 is 1.75 bits per heavy atom. The van der Waals surface area contributed by atoms with Gasteiger partial charge in [0.1, 0.15) is 11.0 Å². The molecule has 8 heteroatoms. The molecule has 0 fully saturated rings. The summed E-state index contributed by atoms with van der Waals surface area (Å²) in [6, 6.07) is 4.86. The molecule has 0 saturated heterocycles. The molecule has 0 spiro atoms. The van der Waals surface area contributed by atoms with Gasteiger partial charge >= 0.3 is 30.8 Å². The first-order chi connectivity index (χ1) is 7.00. The summed E-state index contributed by atoms with van der Waals surface area (Å²) in [7, 11) is -2.96. The second-order valence-corrected chi connectivity index (χ2v) is 3.04. The van der Waals surface area contributed by atoms with E-state index in [1.807, 2.05) is 0 Å². The number of carboxylic acid groups (broad SMARTS) is 1. The Morgan fingerprint density at radius 3 is 2.25 bits per heavy atom. The van der Waals surface area contributed by atoms with E-state index in [2.05, 4.69) is 4.18 Å². The normalized spacial score (nSPS) is 9.31. The zero-order valence-corrected chi connectivity index (χ0v) is 9.02. The van der Waals surface area contributed by atoms with E-state index in [4.69, 9.17) is 5.11 Å². The zero-order valence-electron chi connectivity index (χ0n) is 8.21. The van der Waals surface area contributed by atoms with Crippen molar-refractivity contribution in [2.24, 2.45) is 0 Å². The monoisotopic (exact) mass is 236 g/mol.